The van der Waals surface area contributed by atoms with Gasteiger partial charge in [0.1, 0.15) is 5.54 Å². The lowest BCUT2D eigenvalue weighted by atomic mass is 9.90. The molecule has 4 nitrogen and oxygen atoms in total. The molecule has 1 unspecified atom stereocenters. The Morgan fingerprint density at radius 2 is 2.06 bits per heavy atom. The number of hydrogen-bond donors (Lipinski definition) is 3. The van der Waals surface area contributed by atoms with Gasteiger partial charge in [0.05, 0.1) is 6.61 Å². The Labute approximate surface area is 108 Å². The normalized spacial score (nSPS) is 14.9. The fourth-order valence-corrected chi connectivity index (χ4v) is 2.55. The monoisotopic (exact) mass is 263 g/mol. The van der Waals surface area contributed by atoms with E-state index >= 15 is 0 Å². The fourth-order valence-electron chi connectivity index (χ4n) is 1.87. The van der Waals surface area contributed by atoms with Gasteiger partial charge in [-0.1, -0.05) is 6.92 Å². The van der Waals surface area contributed by atoms with E-state index in [0.29, 0.717) is 12.8 Å². The van der Waals surface area contributed by atoms with E-state index in [1.54, 1.807) is 11.8 Å². The molecule has 0 radical (unpaired) electrons. The molecule has 0 saturated carbocycles. The molecule has 0 amide bonds. The van der Waals surface area contributed by atoms with Gasteiger partial charge < -0.3 is 10.2 Å². The average Bonchev–Trinajstić information content (AvgIpc) is 2.26. The summed E-state index contributed by atoms with van der Waals surface area (Å²) in [4.78, 5) is 11.4. The van der Waals surface area contributed by atoms with Crippen LogP contribution < -0.4 is 5.32 Å². The lowest BCUT2D eigenvalue weighted by molar-refractivity contribution is -0.145. The molecule has 17 heavy (non-hydrogen) atoms. The van der Waals surface area contributed by atoms with Crippen molar-refractivity contribution in [2.24, 2.45) is 0 Å². The number of aliphatic carboxylic acids is 1. The topological polar surface area (TPSA) is 69.6 Å². The maximum absolute atomic E-state index is 11.4. The number of rotatable bonds is 10. The number of carbonyl (C=O) groups is 1. The van der Waals surface area contributed by atoms with Crippen LogP contribution in [-0.2, 0) is 4.79 Å². The molecule has 0 aromatic carbocycles. The zero-order chi connectivity index (χ0) is 13.3. The van der Waals surface area contributed by atoms with Crippen LogP contribution in [0.25, 0.3) is 0 Å². The number of aliphatic hydroxyl groups excluding tert-OH is 1. The minimum absolute atomic E-state index is 0.163. The molecule has 0 rings (SSSR count). The lowest BCUT2D eigenvalue weighted by Gasteiger charge is -2.31. The quantitative estimate of drug-likeness (QED) is 0.524. The molecule has 0 fully saturated rings. The van der Waals surface area contributed by atoms with Crippen LogP contribution in [0, 0.1) is 0 Å². The molecule has 0 aromatic rings. The first kappa shape index (κ1) is 16.7. The second kappa shape index (κ2) is 8.78. The van der Waals surface area contributed by atoms with Gasteiger partial charge in [0.25, 0.3) is 0 Å². The van der Waals surface area contributed by atoms with Crippen molar-refractivity contribution in [2.75, 3.05) is 18.1 Å². The molecule has 0 heterocycles. The lowest BCUT2D eigenvalue weighted by Crippen LogP contribution is -2.54. The number of nitrogens with one attached hydrogen (secondary N) is 1. The Balaban J connectivity index is 4.23. The van der Waals surface area contributed by atoms with Gasteiger partial charge in [-0.15, -0.1) is 0 Å². The Bertz CT molecular complexity index is 224. The van der Waals surface area contributed by atoms with Gasteiger partial charge in [0.2, 0.25) is 0 Å². The highest BCUT2D eigenvalue weighted by molar-refractivity contribution is 7.99. The van der Waals surface area contributed by atoms with Crippen LogP contribution >= 0.6 is 11.8 Å². The molecule has 1 atom stereocenters. The molecule has 0 aliphatic rings. The first-order chi connectivity index (χ1) is 7.98. The second-order valence-electron chi connectivity index (χ2n) is 4.48. The number of hydrogen-bond acceptors (Lipinski definition) is 4. The minimum atomic E-state index is -0.798. The summed E-state index contributed by atoms with van der Waals surface area (Å²) in [6.07, 6.45) is 2.07. The fraction of sp³-hybridized carbons (Fsp3) is 0.917. The molecule has 0 spiro atoms. The van der Waals surface area contributed by atoms with Crippen LogP contribution in [0.2, 0.25) is 0 Å². The van der Waals surface area contributed by atoms with Crippen molar-refractivity contribution in [3.8, 4) is 0 Å². The van der Waals surface area contributed by atoms with Crippen LogP contribution in [-0.4, -0.2) is 45.9 Å². The van der Waals surface area contributed by atoms with Crippen LogP contribution in [0.15, 0.2) is 0 Å². The predicted molar refractivity (Wildman–Crippen MR) is 72.6 cm³/mol. The summed E-state index contributed by atoms with van der Waals surface area (Å²) in [5, 5.41) is 21.2. The van der Waals surface area contributed by atoms with E-state index in [4.69, 9.17) is 5.11 Å². The maximum atomic E-state index is 11.4. The van der Waals surface area contributed by atoms with Gasteiger partial charge in [-0.25, -0.2) is 0 Å². The number of carboxylic acid groups (broad SMARTS) is 1. The van der Waals surface area contributed by atoms with Crippen LogP contribution in [0.3, 0.4) is 0 Å². The zero-order valence-electron chi connectivity index (χ0n) is 11.0. The minimum Gasteiger partial charge on any atom is -0.480 e. The largest absolute Gasteiger partial charge is 0.480 e. The van der Waals surface area contributed by atoms with Crippen LogP contribution in [0.4, 0.5) is 0 Å². The van der Waals surface area contributed by atoms with Crippen LogP contribution in [0.1, 0.15) is 40.0 Å². The molecule has 0 aromatic heterocycles. The smallest absolute Gasteiger partial charge is 0.323 e. The molecular weight excluding hydrogens is 238 g/mol. The third-order valence-corrected chi connectivity index (χ3v) is 3.75. The first-order valence-electron chi connectivity index (χ1n) is 6.18. The number of aliphatic hydroxyl groups is 1. The highest BCUT2D eigenvalue weighted by Crippen LogP contribution is 2.20. The van der Waals surface area contributed by atoms with Crippen molar-refractivity contribution in [2.45, 2.75) is 51.6 Å². The van der Waals surface area contributed by atoms with E-state index in [2.05, 4.69) is 5.32 Å². The van der Waals surface area contributed by atoms with Crippen molar-refractivity contribution in [3.05, 3.63) is 0 Å². The Morgan fingerprint density at radius 3 is 2.47 bits per heavy atom. The van der Waals surface area contributed by atoms with Crippen molar-refractivity contribution in [3.63, 3.8) is 0 Å². The summed E-state index contributed by atoms with van der Waals surface area (Å²) in [6.45, 7) is 6.03. The van der Waals surface area contributed by atoms with Gasteiger partial charge in [-0.2, -0.15) is 11.8 Å². The molecule has 102 valence electrons. The predicted octanol–water partition coefficient (Wildman–Crippen LogP) is 1.72. The van der Waals surface area contributed by atoms with Gasteiger partial charge in [-0.3, -0.25) is 10.1 Å². The Kier molecular flexibility index (Phi) is 8.64. The average molecular weight is 263 g/mol. The van der Waals surface area contributed by atoms with Gasteiger partial charge >= 0.3 is 5.97 Å². The molecule has 0 aliphatic heterocycles. The number of carboxylic acids is 1. The van der Waals surface area contributed by atoms with E-state index in [1.165, 1.54) is 0 Å². The van der Waals surface area contributed by atoms with E-state index in [0.717, 1.165) is 17.9 Å². The molecule has 0 saturated heterocycles. The third kappa shape index (κ3) is 6.29. The van der Waals surface area contributed by atoms with Gasteiger partial charge in [0.15, 0.2) is 0 Å². The van der Waals surface area contributed by atoms with E-state index in [9.17, 15) is 9.90 Å². The summed E-state index contributed by atoms with van der Waals surface area (Å²) in [5.41, 5.74) is -0.798. The van der Waals surface area contributed by atoms with Crippen molar-refractivity contribution >= 4 is 17.7 Å². The molecular formula is C12H25NO3S. The maximum Gasteiger partial charge on any atom is 0.323 e. The molecule has 0 aliphatic carbocycles. The van der Waals surface area contributed by atoms with Crippen molar-refractivity contribution in [1.82, 2.24) is 5.32 Å². The summed E-state index contributed by atoms with van der Waals surface area (Å²) in [7, 11) is 0. The highest BCUT2D eigenvalue weighted by Gasteiger charge is 2.36. The Hall–Kier alpha value is -0.260. The molecule has 0 bridgehead atoms. The zero-order valence-corrected chi connectivity index (χ0v) is 11.8. The van der Waals surface area contributed by atoms with E-state index in [-0.39, 0.29) is 12.6 Å². The summed E-state index contributed by atoms with van der Waals surface area (Å²) < 4.78 is 0. The summed E-state index contributed by atoms with van der Waals surface area (Å²) >= 11 is 1.66. The van der Waals surface area contributed by atoms with E-state index < -0.39 is 11.5 Å². The SMILES string of the molecule is CCC(CCCSCCO)(NC(C)C)C(=O)O. The molecule has 5 heteroatoms. The third-order valence-electron chi connectivity index (χ3n) is 2.71. The standard InChI is InChI=1S/C12H25NO3S/c1-4-12(11(15)16,13-10(2)3)6-5-8-17-9-7-14/h10,13-14H,4-9H2,1-3H3,(H,15,16). The second-order valence-corrected chi connectivity index (χ2v) is 5.70. The van der Waals surface area contributed by atoms with Gasteiger partial charge in [-0.05, 0) is 38.9 Å². The Morgan fingerprint density at radius 1 is 1.41 bits per heavy atom. The van der Waals surface area contributed by atoms with Crippen molar-refractivity contribution < 1.29 is 15.0 Å². The van der Waals surface area contributed by atoms with Crippen molar-refractivity contribution in [1.29, 1.82) is 0 Å². The van der Waals surface area contributed by atoms with E-state index in [1.807, 2.05) is 20.8 Å². The van der Waals surface area contributed by atoms with Crippen LogP contribution in [0.5, 0.6) is 0 Å². The molecule has 3 N–H and O–H groups in total. The van der Waals surface area contributed by atoms with Gasteiger partial charge in [0, 0.05) is 11.8 Å². The summed E-state index contributed by atoms with van der Waals surface area (Å²) in [5.74, 6) is 0.861. The summed E-state index contributed by atoms with van der Waals surface area (Å²) in [6, 6.07) is 0.163. The highest BCUT2D eigenvalue weighted by atomic mass is 32.2. The first-order valence-corrected chi connectivity index (χ1v) is 7.33. The number of thioether (sulfide) groups is 1.